The first kappa shape index (κ1) is 8.38. The zero-order chi connectivity index (χ0) is 9.10. The summed E-state index contributed by atoms with van der Waals surface area (Å²) in [6.07, 6.45) is 2.09. The molecule has 0 atom stereocenters. The average Bonchev–Trinajstić information content (AvgIpc) is 2.19. The fourth-order valence-electron chi connectivity index (χ4n) is 1.19. The lowest BCUT2D eigenvalue weighted by Crippen LogP contribution is -2.09. The quantitative estimate of drug-likeness (QED) is 0.736. The second-order valence-corrected chi connectivity index (χ2v) is 3.76. The van der Waals surface area contributed by atoms with Crippen molar-refractivity contribution in [2.24, 2.45) is 10.7 Å². The Bertz CT molecular complexity index is 354. The molecule has 0 amide bonds. The number of nitrogens with two attached hydrogens (primary N) is 1. The molecule has 0 fully saturated rings. The molecule has 2 rings (SSSR count). The molecule has 3 heteroatoms. The van der Waals surface area contributed by atoms with Gasteiger partial charge in [0.05, 0.1) is 5.70 Å². The molecule has 0 spiro atoms. The molecule has 0 aromatic heterocycles. The highest BCUT2D eigenvalue weighted by molar-refractivity contribution is 8.14. The predicted molar refractivity (Wildman–Crippen MR) is 58.5 cm³/mol. The van der Waals surface area contributed by atoms with Crippen LogP contribution in [0.15, 0.2) is 41.4 Å². The van der Waals surface area contributed by atoms with Gasteiger partial charge in [0.15, 0.2) is 5.17 Å². The van der Waals surface area contributed by atoms with Gasteiger partial charge < -0.3 is 5.73 Å². The van der Waals surface area contributed by atoms with Gasteiger partial charge in [0.25, 0.3) is 0 Å². The van der Waals surface area contributed by atoms with Gasteiger partial charge in [-0.3, -0.25) is 0 Å². The monoisotopic (exact) mass is 190 g/mol. The van der Waals surface area contributed by atoms with Crippen molar-refractivity contribution in [1.82, 2.24) is 0 Å². The van der Waals surface area contributed by atoms with Crippen LogP contribution in [0.4, 0.5) is 0 Å². The lowest BCUT2D eigenvalue weighted by molar-refractivity contribution is 1.46. The second-order valence-electron chi connectivity index (χ2n) is 2.72. The maximum Gasteiger partial charge on any atom is 0.159 e. The van der Waals surface area contributed by atoms with E-state index in [1.165, 1.54) is 0 Å². The van der Waals surface area contributed by atoms with Crippen LogP contribution in [0.1, 0.15) is 5.56 Å². The normalized spacial score (nSPS) is 16.3. The van der Waals surface area contributed by atoms with E-state index in [-0.39, 0.29) is 0 Å². The molecule has 1 aliphatic rings. The summed E-state index contributed by atoms with van der Waals surface area (Å²) in [7, 11) is 0. The van der Waals surface area contributed by atoms with Crippen molar-refractivity contribution in [2.45, 2.75) is 0 Å². The summed E-state index contributed by atoms with van der Waals surface area (Å²) < 4.78 is 0. The molecule has 1 aliphatic heterocycles. The van der Waals surface area contributed by atoms with Crippen molar-refractivity contribution in [1.29, 1.82) is 0 Å². The third kappa shape index (κ3) is 1.92. The standard InChI is InChI=1S/C10H10N2S/c11-10-12-9(6-7-13-10)8-4-2-1-3-5-8/h1-6H,7H2,(H2,11,12). The number of hydrogen-bond acceptors (Lipinski definition) is 3. The van der Waals surface area contributed by atoms with Gasteiger partial charge in [-0.2, -0.15) is 0 Å². The first-order chi connectivity index (χ1) is 6.36. The minimum atomic E-state index is 0.654. The Kier molecular flexibility index (Phi) is 2.36. The summed E-state index contributed by atoms with van der Waals surface area (Å²) in [4.78, 5) is 4.27. The molecule has 1 heterocycles. The SMILES string of the molecule is NC1=NC(c2ccccc2)=CCS1. The van der Waals surface area contributed by atoms with E-state index in [4.69, 9.17) is 5.73 Å². The van der Waals surface area contributed by atoms with E-state index >= 15 is 0 Å². The molecule has 0 unspecified atom stereocenters. The van der Waals surface area contributed by atoms with Crippen LogP contribution in [-0.2, 0) is 0 Å². The summed E-state index contributed by atoms with van der Waals surface area (Å²) in [5.74, 6) is 0.916. The predicted octanol–water partition coefficient (Wildman–Crippen LogP) is 2.09. The van der Waals surface area contributed by atoms with E-state index < -0.39 is 0 Å². The summed E-state index contributed by atoms with van der Waals surface area (Å²) >= 11 is 1.57. The topological polar surface area (TPSA) is 38.4 Å². The number of aliphatic imine (C=N–C) groups is 1. The molecular formula is C10H10N2S. The highest BCUT2D eigenvalue weighted by atomic mass is 32.2. The first-order valence-corrected chi connectivity index (χ1v) is 5.07. The fraction of sp³-hybridized carbons (Fsp3) is 0.100. The Labute approximate surface area is 81.6 Å². The van der Waals surface area contributed by atoms with Crippen LogP contribution in [0.25, 0.3) is 5.70 Å². The van der Waals surface area contributed by atoms with E-state index in [0.717, 1.165) is 17.0 Å². The van der Waals surface area contributed by atoms with Gasteiger partial charge in [0.1, 0.15) is 0 Å². The highest BCUT2D eigenvalue weighted by Crippen LogP contribution is 2.21. The Morgan fingerprint density at radius 2 is 2.00 bits per heavy atom. The lowest BCUT2D eigenvalue weighted by Gasteiger charge is -2.08. The van der Waals surface area contributed by atoms with Gasteiger partial charge in [-0.1, -0.05) is 42.1 Å². The molecule has 0 saturated carbocycles. The third-order valence-corrected chi connectivity index (χ3v) is 2.53. The Hall–Kier alpha value is -1.22. The molecule has 0 saturated heterocycles. The maximum atomic E-state index is 5.63. The van der Waals surface area contributed by atoms with Crippen molar-refractivity contribution >= 4 is 22.6 Å². The number of rotatable bonds is 1. The van der Waals surface area contributed by atoms with Crippen molar-refractivity contribution < 1.29 is 0 Å². The van der Waals surface area contributed by atoms with Gasteiger partial charge in [-0.25, -0.2) is 4.99 Å². The van der Waals surface area contributed by atoms with Crippen LogP contribution in [0.5, 0.6) is 0 Å². The number of hydrogen-bond donors (Lipinski definition) is 1. The smallest absolute Gasteiger partial charge is 0.159 e. The molecule has 13 heavy (non-hydrogen) atoms. The van der Waals surface area contributed by atoms with E-state index in [1.807, 2.05) is 30.3 Å². The zero-order valence-electron chi connectivity index (χ0n) is 7.10. The molecule has 2 nitrogen and oxygen atoms in total. The maximum absolute atomic E-state index is 5.63. The minimum Gasteiger partial charge on any atom is -0.378 e. The van der Waals surface area contributed by atoms with Crippen LogP contribution in [0.3, 0.4) is 0 Å². The molecule has 0 aliphatic carbocycles. The first-order valence-electron chi connectivity index (χ1n) is 4.09. The van der Waals surface area contributed by atoms with E-state index in [1.54, 1.807) is 11.8 Å². The third-order valence-electron chi connectivity index (χ3n) is 1.81. The van der Waals surface area contributed by atoms with Crippen molar-refractivity contribution in [3.63, 3.8) is 0 Å². The van der Waals surface area contributed by atoms with Crippen LogP contribution >= 0.6 is 11.8 Å². The number of amidine groups is 1. The second kappa shape index (κ2) is 3.66. The minimum absolute atomic E-state index is 0.654. The number of thioether (sulfide) groups is 1. The number of benzene rings is 1. The van der Waals surface area contributed by atoms with Gasteiger partial charge in [0.2, 0.25) is 0 Å². The van der Waals surface area contributed by atoms with Crippen molar-refractivity contribution in [3.05, 3.63) is 42.0 Å². The van der Waals surface area contributed by atoms with Crippen LogP contribution in [0.2, 0.25) is 0 Å². The summed E-state index contributed by atoms with van der Waals surface area (Å²) in [5, 5.41) is 0.654. The van der Waals surface area contributed by atoms with Crippen LogP contribution < -0.4 is 5.73 Å². The van der Waals surface area contributed by atoms with Gasteiger partial charge >= 0.3 is 0 Å². The molecule has 2 N–H and O–H groups in total. The van der Waals surface area contributed by atoms with E-state index in [9.17, 15) is 0 Å². The van der Waals surface area contributed by atoms with Gasteiger partial charge in [-0.15, -0.1) is 0 Å². The number of nitrogens with zero attached hydrogens (tertiary/aromatic N) is 1. The van der Waals surface area contributed by atoms with E-state index in [2.05, 4.69) is 11.1 Å². The van der Waals surface area contributed by atoms with Gasteiger partial charge in [0, 0.05) is 5.75 Å². The van der Waals surface area contributed by atoms with Gasteiger partial charge in [-0.05, 0) is 11.6 Å². The van der Waals surface area contributed by atoms with Crippen molar-refractivity contribution in [2.75, 3.05) is 5.75 Å². The fourth-order valence-corrected chi connectivity index (χ4v) is 1.77. The van der Waals surface area contributed by atoms with E-state index in [0.29, 0.717) is 5.17 Å². The van der Waals surface area contributed by atoms with Crippen LogP contribution in [-0.4, -0.2) is 10.9 Å². The molecule has 0 radical (unpaired) electrons. The molecule has 1 aromatic rings. The van der Waals surface area contributed by atoms with Crippen molar-refractivity contribution in [3.8, 4) is 0 Å². The Morgan fingerprint density at radius 1 is 1.23 bits per heavy atom. The summed E-state index contributed by atoms with van der Waals surface area (Å²) in [6, 6.07) is 10.1. The largest absolute Gasteiger partial charge is 0.378 e. The molecule has 1 aromatic carbocycles. The Morgan fingerprint density at radius 3 is 2.69 bits per heavy atom. The molecular weight excluding hydrogens is 180 g/mol. The average molecular weight is 190 g/mol. The zero-order valence-corrected chi connectivity index (χ0v) is 7.92. The summed E-state index contributed by atoms with van der Waals surface area (Å²) in [6.45, 7) is 0. The Balaban J connectivity index is 2.33. The van der Waals surface area contributed by atoms with Crippen LogP contribution in [0, 0.1) is 0 Å². The summed E-state index contributed by atoms with van der Waals surface area (Å²) in [5.41, 5.74) is 7.75. The molecule has 0 bridgehead atoms. The molecule has 66 valence electrons. The lowest BCUT2D eigenvalue weighted by atomic mass is 10.1. The highest BCUT2D eigenvalue weighted by Gasteiger charge is 2.05.